The van der Waals surface area contributed by atoms with Gasteiger partial charge in [0.05, 0.1) is 19.8 Å². The summed E-state index contributed by atoms with van der Waals surface area (Å²) >= 11 is 0. The Kier molecular flexibility index (Phi) is 4.09. The van der Waals surface area contributed by atoms with Gasteiger partial charge in [0.2, 0.25) is 0 Å². The number of rotatable bonds is 4. The molecule has 0 saturated carbocycles. The highest BCUT2D eigenvalue weighted by Gasteiger charge is 2.35. The summed E-state index contributed by atoms with van der Waals surface area (Å²) in [5, 5.41) is 3.44. The SMILES string of the molecule is CNC1(c2cc(OC)ccc2OC)CCOCC1. The summed E-state index contributed by atoms with van der Waals surface area (Å²) in [7, 11) is 5.37. The molecule has 1 aromatic carbocycles. The molecule has 1 aliphatic heterocycles. The molecular formula is C14H21NO3. The van der Waals surface area contributed by atoms with Crippen molar-refractivity contribution in [1.82, 2.24) is 5.32 Å². The van der Waals surface area contributed by atoms with Crippen molar-refractivity contribution in [3.8, 4) is 11.5 Å². The van der Waals surface area contributed by atoms with Gasteiger partial charge >= 0.3 is 0 Å². The van der Waals surface area contributed by atoms with E-state index in [-0.39, 0.29) is 5.54 Å². The number of benzene rings is 1. The van der Waals surface area contributed by atoms with E-state index in [4.69, 9.17) is 14.2 Å². The van der Waals surface area contributed by atoms with Gasteiger partial charge in [-0.3, -0.25) is 0 Å². The first-order valence-electron chi connectivity index (χ1n) is 6.25. The third kappa shape index (κ3) is 2.31. The second kappa shape index (κ2) is 5.59. The standard InChI is InChI=1S/C14H21NO3/c1-15-14(6-8-18-9-7-14)12-10-11(16-2)4-5-13(12)17-3/h4-5,10,15H,6-9H2,1-3H3. The Morgan fingerprint density at radius 3 is 2.44 bits per heavy atom. The summed E-state index contributed by atoms with van der Waals surface area (Å²) in [5.74, 6) is 1.75. The van der Waals surface area contributed by atoms with Crippen LogP contribution < -0.4 is 14.8 Å². The topological polar surface area (TPSA) is 39.7 Å². The normalized spacial score (nSPS) is 18.4. The van der Waals surface area contributed by atoms with Gasteiger partial charge in [-0.05, 0) is 38.1 Å². The average molecular weight is 251 g/mol. The Balaban J connectivity index is 2.44. The highest BCUT2D eigenvalue weighted by Crippen LogP contribution is 2.39. The van der Waals surface area contributed by atoms with Gasteiger partial charge in [-0.25, -0.2) is 0 Å². The minimum atomic E-state index is -0.0852. The first kappa shape index (κ1) is 13.2. The maximum atomic E-state index is 5.49. The van der Waals surface area contributed by atoms with Gasteiger partial charge in [0.15, 0.2) is 0 Å². The van der Waals surface area contributed by atoms with Crippen LogP contribution in [-0.2, 0) is 10.3 Å². The van der Waals surface area contributed by atoms with Crippen LogP contribution in [0.5, 0.6) is 11.5 Å². The van der Waals surface area contributed by atoms with Crippen LogP contribution in [0.1, 0.15) is 18.4 Å². The molecule has 4 heteroatoms. The number of hydrogen-bond acceptors (Lipinski definition) is 4. The van der Waals surface area contributed by atoms with Crippen molar-refractivity contribution in [3.63, 3.8) is 0 Å². The zero-order valence-electron chi connectivity index (χ0n) is 11.3. The Bertz CT molecular complexity index is 400. The fourth-order valence-electron chi connectivity index (χ4n) is 2.56. The monoisotopic (exact) mass is 251 g/mol. The van der Waals surface area contributed by atoms with Crippen LogP contribution in [0.3, 0.4) is 0 Å². The van der Waals surface area contributed by atoms with Crippen molar-refractivity contribution in [3.05, 3.63) is 23.8 Å². The average Bonchev–Trinajstić information content (AvgIpc) is 2.47. The summed E-state index contributed by atoms with van der Waals surface area (Å²) in [6, 6.07) is 5.94. The number of methoxy groups -OCH3 is 2. The lowest BCUT2D eigenvalue weighted by molar-refractivity contribution is 0.0388. The van der Waals surface area contributed by atoms with Crippen molar-refractivity contribution < 1.29 is 14.2 Å². The van der Waals surface area contributed by atoms with E-state index < -0.39 is 0 Å². The number of ether oxygens (including phenoxy) is 3. The second-order valence-corrected chi connectivity index (χ2v) is 4.51. The van der Waals surface area contributed by atoms with Crippen LogP contribution in [0, 0.1) is 0 Å². The largest absolute Gasteiger partial charge is 0.497 e. The molecule has 1 saturated heterocycles. The Morgan fingerprint density at radius 1 is 1.17 bits per heavy atom. The molecule has 1 fully saturated rings. The van der Waals surface area contributed by atoms with Crippen LogP contribution in [0.15, 0.2) is 18.2 Å². The van der Waals surface area contributed by atoms with E-state index >= 15 is 0 Å². The molecule has 18 heavy (non-hydrogen) atoms. The Labute approximate surface area is 108 Å². The van der Waals surface area contributed by atoms with Gasteiger partial charge < -0.3 is 19.5 Å². The molecule has 1 heterocycles. The maximum Gasteiger partial charge on any atom is 0.124 e. The van der Waals surface area contributed by atoms with Crippen LogP contribution in [0.25, 0.3) is 0 Å². The summed E-state index contributed by atoms with van der Waals surface area (Å²) in [6.45, 7) is 1.53. The molecule has 4 nitrogen and oxygen atoms in total. The molecule has 2 rings (SSSR count). The van der Waals surface area contributed by atoms with E-state index in [2.05, 4.69) is 11.4 Å². The second-order valence-electron chi connectivity index (χ2n) is 4.51. The first-order chi connectivity index (χ1) is 8.75. The first-order valence-corrected chi connectivity index (χ1v) is 6.25. The Morgan fingerprint density at radius 2 is 1.89 bits per heavy atom. The van der Waals surface area contributed by atoms with E-state index in [0.29, 0.717) is 0 Å². The van der Waals surface area contributed by atoms with Crippen molar-refractivity contribution in [1.29, 1.82) is 0 Å². The highest BCUT2D eigenvalue weighted by atomic mass is 16.5. The maximum absolute atomic E-state index is 5.49. The third-order valence-electron chi connectivity index (χ3n) is 3.75. The van der Waals surface area contributed by atoms with Gasteiger partial charge in [0.25, 0.3) is 0 Å². The van der Waals surface area contributed by atoms with Crippen LogP contribution in [0.4, 0.5) is 0 Å². The van der Waals surface area contributed by atoms with Crippen molar-refractivity contribution in [2.45, 2.75) is 18.4 Å². The van der Waals surface area contributed by atoms with Crippen LogP contribution >= 0.6 is 0 Å². The molecule has 0 unspecified atom stereocenters. The summed E-state index contributed by atoms with van der Waals surface area (Å²) in [5.41, 5.74) is 1.06. The van der Waals surface area contributed by atoms with Gasteiger partial charge in [0.1, 0.15) is 11.5 Å². The molecule has 0 aromatic heterocycles. The van der Waals surface area contributed by atoms with Crippen molar-refractivity contribution in [2.24, 2.45) is 0 Å². The molecule has 0 spiro atoms. The number of hydrogen-bond donors (Lipinski definition) is 1. The lowest BCUT2D eigenvalue weighted by Gasteiger charge is -2.38. The van der Waals surface area contributed by atoms with Gasteiger partial charge in [-0.2, -0.15) is 0 Å². The van der Waals surface area contributed by atoms with E-state index in [0.717, 1.165) is 43.1 Å². The van der Waals surface area contributed by atoms with E-state index in [9.17, 15) is 0 Å². The smallest absolute Gasteiger partial charge is 0.124 e. The zero-order valence-corrected chi connectivity index (χ0v) is 11.3. The number of nitrogens with one attached hydrogen (secondary N) is 1. The zero-order chi connectivity index (χ0) is 13.0. The predicted molar refractivity (Wildman–Crippen MR) is 70.3 cm³/mol. The highest BCUT2D eigenvalue weighted by molar-refractivity contribution is 5.45. The molecule has 0 amide bonds. The molecular weight excluding hydrogens is 230 g/mol. The predicted octanol–water partition coefficient (Wildman–Crippen LogP) is 1.93. The molecule has 1 aliphatic rings. The summed E-state index contributed by atoms with van der Waals surface area (Å²) in [4.78, 5) is 0. The molecule has 0 aliphatic carbocycles. The summed E-state index contributed by atoms with van der Waals surface area (Å²) in [6.07, 6.45) is 1.88. The third-order valence-corrected chi connectivity index (χ3v) is 3.75. The fraction of sp³-hybridized carbons (Fsp3) is 0.571. The molecule has 1 aromatic rings. The lowest BCUT2D eigenvalue weighted by atomic mass is 9.82. The molecule has 100 valence electrons. The molecule has 1 N–H and O–H groups in total. The Hall–Kier alpha value is -1.26. The van der Waals surface area contributed by atoms with Gasteiger partial charge in [-0.1, -0.05) is 0 Å². The molecule has 0 radical (unpaired) electrons. The summed E-state index contributed by atoms with van der Waals surface area (Å²) < 4.78 is 16.3. The molecule has 0 bridgehead atoms. The minimum Gasteiger partial charge on any atom is -0.497 e. The molecule has 0 atom stereocenters. The van der Waals surface area contributed by atoms with E-state index in [1.54, 1.807) is 14.2 Å². The van der Waals surface area contributed by atoms with Crippen LogP contribution in [-0.4, -0.2) is 34.5 Å². The fourth-order valence-corrected chi connectivity index (χ4v) is 2.56. The van der Waals surface area contributed by atoms with Crippen molar-refractivity contribution >= 4 is 0 Å². The van der Waals surface area contributed by atoms with Crippen LogP contribution in [0.2, 0.25) is 0 Å². The lowest BCUT2D eigenvalue weighted by Crippen LogP contribution is -2.45. The minimum absolute atomic E-state index is 0.0852. The van der Waals surface area contributed by atoms with Gasteiger partial charge in [-0.15, -0.1) is 0 Å². The quantitative estimate of drug-likeness (QED) is 0.887. The van der Waals surface area contributed by atoms with E-state index in [1.165, 1.54) is 0 Å². The van der Waals surface area contributed by atoms with Crippen molar-refractivity contribution in [2.75, 3.05) is 34.5 Å². The van der Waals surface area contributed by atoms with Gasteiger partial charge in [0, 0.05) is 18.8 Å². The van der Waals surface area contributed by atoms with E-state index in [1.807, 2.05) is 19.2 Å².